The highest BCUT2D eigenvalue weighted by atomic mass is 32.1. The van der Waals surface area contributed by atoms with E-state index < -0.39 is 0 Å². The number of hydrogen-bond donors (Lipinski definition) is 2. The third-order valence-electron chi connectivity index (χ3n) is 1.88. The largest absolute Gasteiger partial charge is 0.352 e. The highest BCUT2D eigenvalue weighted by Gasteiger charge is 1.99. The molecule has 0 saturated heterocycles. The zero-order valence-corrected chi connectivity index (χ0v) is 9.13. The maximum absolute atomic E-state index is 11.1. The third-order valence-corrected chi connectivity index (χ3v) is 2.11. The second kappa shape index (κ2) is 6.10. The van der Waals surface area contributed by atoms with Crippen LogP contribution in [0.3, 0.4) is 0 Å². The molecule has 0 bridgehead atoms. The predicted octanol–water partition coefficient (Wildman–Crippen LogP) is 1.49. The normalized spacial score (nSPS) is 9.33. The molecule has 3 nitrogen and oxygen atoms in total. The molecule has 0 heterocycles. The Morgan fingerprint density at radius 1 is 1.53 bits per heavy atom. The van der Waals surface area contributed by atoms with Crippen LogP contribution in [0.25, 0.3) is 0 Å². The second-order valence-electron chi connectivity index (χ2n) is 3.06. The second-order valence-corrected chi connectivity index (χ2v) is 3.51. The van der Waals surface area contributed by atoms with Crippen molar-refractivity contribution in [2.75, 3.05) is 5.75 Å². The van der Waals surface area contributed by atoms with Gasteiger partial charge in [0.05, 0.1) is 11.6 Å². The van der Waals surface area contributed by atoms with Crippen LogP contribution in [-0.2, 0) is 11.3 Å². The fourth-order valence-electron chi connectivity index (χ4n) is 1.14. The Morgan fingerprint density at radius 2 is 2.33 bits per heavy atom. The number of rotatable bonds is 4. The molecule has 1 N–H and O–H groups in total. The molecule has 0 aliphatic carbocycles. The summed E-state index contributed by atoms with van der Waals surface area (Å²) < 4.78 is 0. The molecule has 0 aromatic heterocycles. The van der Waals surface area contributed by atoms with Crippen LogP contribution in [0.4, 0.5) is 0 Å². The number of nitriles is 1. The van der Waals surface area contributed by atoms with Crippen LogP contribution in [-0.4, -0.2) is 11.7 Å². The van der Waals surface area contributed by atoms with E-state index in [1.165, 1.54) is 0 Å². The number of nitrogens with zero attached hydrogens (tertiary/aromatic N) is 1. The number of thiol groups is 1. The van der Waals surface area contributed by atoms with Crippen molar-refractivity contribution in [1.82, 2.24) is 5.32 Å². The Morgan fingerprint density at radius 3 is 3.00 bits per heavy atom. The highest BCUT2D eigenvalue weighted by molar-refractivity contribution is 7.80. The van der Waals surface area contributed by atoms with Crippen molar-refractivity contribution in [2.45, 2.75) is 13.0 Å². The lowest BCUT2D eigenvalue weighted by atomic mass is 10.1. The van der Waals surface area contributed by atoms with Crippen LogP contribution < -0.4 is 5.32 Å². The fraction of sp³-hybridized carbons (Fsp3) is 0.273. The smallest absolute Gasteiger partial charge is 0.221 e. The summed E-state index contributed by atoms with van der Waals surface area (Å²) in [5, 5.41) is 11.4. The van der Waals surface area contributed by atoms with E-state index in [4.69, 9.17) is 5.26 Å². The lowest BCUT2D eigenvalue weighted by molar-refractivity contribution is -0.120. The van der Waals surface area contributed by atoms with Gasteiger partial charge in [0.15, 0.2) is 0 Å². The van der Waals surface area contributed by atoms with E-state index in [-0.39, 0.29) is 5.91 Å². The minimum Gasteiger partial charge on any atom is -0.352 e. The summed E-state index contributed by atoms with van der Waals surface area (Å²) in [5.74, 6) is 0.525. The van der Waals surface area contributed by atoms with Gasteiger partial charge < -0.3 is 5.32 Å². The Kier molecular flexibility index (Phi) is 4.72. The summed E-state index contributed by atoms with van der Waals surface area (Å²) in [5.41, 5.74) is 1.54. The molecule has 0 saturated carbocycles. The molecule has 4 heteroatoms. The van der Waals surface area contributed by atoms with Gasteiger partial charge in [0, 0.05) is 13.0 Å². The third kappa shape index (κ3) is 4.05. The molecule has 0 aliphatic heterocycles. The fourth-order valence-corrected chi connectivity index (χ4v) is 1.34. The van der Waals surface area contributed by atoms with Crippen molar-refractivity contribution in [3.8, 4) is 6.07 Å². The summed E-state index contributed by atoms with van der Waals surface area (Å²) in [6.07, 6.45) is 0.418. The minimum absolute atomic E-state index is 0.0210. The molecule has 0 atom stereocenters. The number of hydrogen-bond acceptors (Lipinski definition) is 3. The molecule has 0 spiro atoms. The van der Waals surface area contributed by atoms with E-state index in [0.717, 1.165) is 5.56 Å². The number of benzene rings is 1. The van der Waals surface area contributed by atoms with Crippen LogP contribution in [0, 0.1) is 11.3 Å². The first-order valence-corrected chi connectivity index (χ1v) is 5.26. The first-order valence-electron chi connectivity index (χ1n) is 4.63. The molecule has 0 radical (unpaired) electrons. The molecule has 15 heavy (non-hydrogen) atoms. The van der Waals surface area contributed by atoms with Gasteiger partial charge in [-0.05, 0) is 23.4 Å². The molecule has 0 unspecified atom stereocenters. The summed E-state index contributed by atoms with van der Waals surface area (Å²) in [6.45, 7) is 0.460. The van der Waals surface area contributed by atoms with Crippen LogP contribution in [0.5, 0.6) is 0 Å². The number of carbonyl (C=O) groups excluding carboxylic acids is 1. The van der Waals surface area contributed by atoms with E-state index >= 15 is 0 Å². The molecular weight excluding hydrogens is 208 g/mol. The average molecular weight is 220 g/mol. The van der Waals surface area contributed by atoms with Gasteiger partial charge in [-0.3, -0.25) is 4.79 Å². The van der Waals surface area contributed by atoms with Crippen molar-refractivity contribution in [2.24, 2.45) is 0 Å². The van der Waals surface area contributed by atoms with Crippen LogP contribution >= 0.6 is 12.6 Å². The molecule has 1 amide bonds. The van der Waals surface area contributed by atoms with E-state index in [0.29, 0.717) is 24.3 Å². The van der Waals surface area contributed by atoms with Crippen molar-refractivity contribution < 1.29 is 4.79 Å². The van der Waals surface area contributed by atoms with Gasteiger partial charge in [0.25, 0.3) is 0 Å². The van der Waals surface area contributed by atoms with Gasteiger partial charge in [0.1, 0.15) is 0 Å². The summed E-state index contributed by atoms with van der Waals surface area (Å²) >= 11 is 3.97. The molecule has 1 aromatic carbocycles. The molecule has 78 valence electrons. The quantitative estimate of drug-likeness (QED) is 0.755. The maximum Gasteiger partial charge on any atom is 0.221 e. The first-order chi connectivity index (χ1) is 7.26. The average Bonchev–Trinajstić information content (AvgIpc) is 2.27. The van der Waals surface area contributed by atoms with Crippen molar-refractivity contribution in [3.05, 3.63) is 35.4 Å². The number of amides is 1. The van der Waals surface area contributed by atoms with E-state index in [1.54, 1.807) is 18.2 Å². The first kappa shape index (κ1) is 11.6. The minimum atomic E-state index is -0.0210. The zero-order chi connectivity index (χ0) is 11.1. The maximum atomic E-state index is 11.1. The monoisotopic (exact) mass is 220 g/mol. The standard InChI is InChI=1S/C11H12N2OS/c12-7-9-2-1-3-10(6-9)8-13-11(14)4-5-15/h1-3,6,15H,4-5,8H2,(H,13,14). The Labute approximate surface area is 94.5 Å². The topological polar surface area (TPSA) is 52.9 Å². The van der Waals surface area contributed by atoms with Crippen molar-refractivity contribution in [3.63, 3.8) is 0 Å². The van der Waals surface area contributed by atoms with Crippen LogP contribution in [0.2, 0.25) is 0 Å². The van der Waals surface area contributed by atoms with E-state index in [2.05, 4.69) is 24.0 Å². The van der Waals surface area contributed by atoms with Gasteiger partial charge in [-0.2, -0.15) is 17.9 Å². The summed E-state index contributed by atoms with van der Waals surface area (Å²) in [6, 6.07) is 9.24. The van der Waals surface area contributed by atoms with Crippen LogP contribution in [0.1, 0.15) is 17.5 Å². The molecular formula is C11H12N2OS. The Hall–Kier alpha value is -1.47. The van der Waals surface area contributed by atoms with Gasteiger partial charge >= 0.3 is 0 Å². The molecule has 0 fully saturated rings. The van der Waals surface area contributed by atoms with Gasteiger partial charge in [0.2, 0.25) is 5.91 Å². The van der Waals surface area contributed by atoms with Gasteiger partial charge in [-0.15, -0.1) is 0 Å². The van der Waals surface area contributed by atoms with Gasteiger partial charge in [-0.25, -0.2) is 0 Å². The zero-order valence-electron chi connectivity index (χ0n) is 8.23. The lowest BCUT2D eigenvalue weighted by Crippen LogP contribution is -2.22. The molecule has 1 rings (SSSR count). The predicted molar refractivity (Wildman–Crippen MR) is 61.5 cm³/mol. The van der Waals surface area contributed by atoms with Crippen molar-refractivity contribution in [1.29, 1.82) is 5.26 Å². The SMILES string of the molecule is N#Cc1cccc(CNC(=O)CCS)c1. The van der Waals surface area contributed by atoms with Gasteiger partial charge in [-0.1, -0.05) is 12.1 Å². The Balaban J connectivity index is 2.51. The molecule has 0 aliphatic rings. The molecule has 1 aromatic rings. The van der Waals surface area contributed by atoms with Crippen molar-refractivity contribution >= 4 is 18.5 Å². The van der Waals surface area contributed by atoms with Crippen LogP contribution in [0.15, 0.2) is 24.3 Å². The number of carbonyl (C=O) groups is 1. The highest BCUT2D eigenvalue weighted by Crippen LogP contribution is 2.03. The summed E-state index contributed by atoms with van der Waals surface area (Å²) in [4.78, 5) is 11.1. The van der Waals surface area contributed by atoms with E-state index in [9.17, 15) is 4.79 Å². The number of nitrogens with one attached hydrogen (secondary N) is 1. The van der Waals surface area contributed by atoms with E-state index in [1.807, 2.05) is 6.07 Å². The Bertz CT molecular complexity index is 384. The summed E-state index contributed by atoms with van der Waals surface area (Å²) in [7, 11) is 0. The lowest BCUT2D eigenvalue weighted by Gasteiger charge is -2.04.